The number of amides is 1. The fourth-order valence-electron chi connectivity index (χ4n) is 4.09. The van der Waals surface area contributed by atoms with Gasteiger partial charge in [0.05, 0.1) is 7.11 Å². The molecule has 1 aliphatic carbocycles. The number of esters is 1. The van der Waals surface area contributed by atoms with Crippen molar-refractivity contribution in [3.8, 4) is 16.9 Å². The van der Waals surface area contributed by atoms with Crippen molar-refractivity contribution in [1.29, 1.82) is 0 Å². The van der Waals surface area contributed by atoms with Gasteiger partial charge in [0.25, 0.3) is 0 Å². The van der Waals surface area contributed by atoms with E-state index >= 15 is 0 Å². The molecule has 1 amide bonds. The van der Waals surface area contributed by atoms with Crippen molar-refractivity contribution < 1.29 is 33.3 Å². The van der Waals surface area contributed by atoms with Crippen molar-refractivity contribution in [1.82, 2.24) is 5.32 Å². The van der Waals surface area contributed by atoms with Gasteiger partial charge in [0.15, 0.2) is 6.04 Å². The van der Waals surface area contributed by atoms with Crippen molar-refractivity contribution in [2.45, 2.75) is 25.0 Å². The Labute approximate surface area is 202 Å². The molecule has 0 spiro atoms. The first-order chi connectivity index (χ1) is 17.0. The average Bonchev–Trinajstić information content (AvgIpc) is 3.19. The first-order valence-corrected chi connectivity index (χ1v) is 11.1. The van der Waals surface area contributed by atoms with Gasteiger partial charge >= 0.3 is 18.2 Å². The third kappa shape index (κ3) is 5.43. The monoisotopic (exact) mass is 475 g/mol. The summed E-state index contributed by atoms with van der Waals surface area (Å²) in [5, 5.41) is 2.44. The summed E-state index contributed by atoms with van der Waals surface area (Å²) in [6.07, 6.45) is -2.94. The quantitative estimate of drug-likeness (QED) is 0.301. The van der Waals surface area contributed by atoms with E-state index in [-0.39, 0.29) is 18.3 Å². The molecule has 35 heavy (non-hydrogen) atoms. The van der Waals surface area contributed by atoms with E-state index in [0.29, 0.717) is 0 Å². The molecular weight excluding hydrogens is 450 g/mol. The van der Waals surface area contributed by atoms with Crippen LogP contribution in [0, 0.1) is 0 Å². The Bertz CT molecular complexity index is 1170. The standard InChI is InChI=1S/C27H25NO7/c1-17(34-27(31)35-18-10-4-3-5-11-18)24(25(29)32-2)28-26(30)33-16-23-21-14-8-6-12-19(21)20-13-7-9-15-22(20)23/h3-15,17,23-24H,16H2,1-2H3,(H,28,30)/t17?,24-/m0/s1. The molecule has 2 atom stereocenters. The zero-order chi connectivity index (χ0) is 24.8. The summed E-state index contributed by atoms with van der Waals surface area (Å²) in [5.74, 6) is -0.651. The van der Waals surface area contributed by atoms with Crippen LogP contribution in [0.1, 0.15) is 24.0 Å². The molecule has 0 aromatic heterocycles. The maximum Gasteiger partial charge on any atom is 0.514 e. The van der Waals surface area contributed by atoms with E-state index < -0.39 is 30.4 Å². The second kappa shape index (κ2) is 10.7. The molecule has 0 fully saturated rings. The number of para-hydroxylation sites is 1. The molecule has 0 saturated heterocycles. The van der Waals surface area contributed by atoms with Crippen molar-refractivity contribution >= 4 is 18.2 Å². The smallest absolute Gasteiger partial charge is 0.467 e. The number of rotatable bonds is 7. The van der Waals surface area contributed by atoms with Crippen LogP contribution in [0.2, 0.25) is 0 Å². The van der Waals surface area contributed by atoms with E-state index in [0.717, 1.165) is 22.3 Å². The highest BCUT2D eigenvalue weighted by Crippen LogP contribution is 2.44. The van der Waals surface area contributed by atoms with E-state index in [1.54, 1.807) is 30.3 Å². The van der Waals surface area contributed by atoms with Crippen molar-refractivity contribution in [3.05, 3.63) is 90.0 Å². The topological polar surface area (TPSA) is 100 Å². The van der Waals surface area contributed by atoms with Crippen LogP contribution in [0.5, 0.6) is 5.75 Å². The molecule has 1 aliphatic rings. The van der Waals surface area contributed by atoms with E-state index in [4.69, 9.17) is 18.9 Å². The molecule has 3 aromatic rings. The van der Waals surface area contributed by atoms with Gasteiger partial charge in [-0.3, -0.25) is 0 Å². The van der Waals surface area contributed by atoms with Gasteiger partial charge in [0.2, 0.25) is 0 Å². The first-order valence-electron chi connectivity index (χ1n) is 11.1. The summed E-state index contributed by atoms with van der Waals surface area (Å²) >= 11 is 0. The van der Waals surface area contributed by atoms with Crippen molar-refractivity contribution in [3.63, 3.8) is 0 Å². The molecule has 4 rings (SSSR count). The third-order valence-corrected chi connectivity index (χ3v) is 5.77. The molecule has 0 radical (unpaired) electrons. The largest absolute Gasteiger partial charge is 0.514 e. The predicted molar refractivity (Wildman–Crippen MR) is 127 cm³/mol. The Morgan fingerprint density at radius 3 is 2.03 bits per heavy atom. The molecule has 8 heteroatoms. The van der Waals surface area contributed by atoms with Gasteiger partial charge in [-0.1, -0.05) is 66.7 Å². The fourth-order valence-corrected chi connectivity index (χ4v) is 4.09. The number of alkyl carbamates (subject to hydrolysis) is 1. The van der Waals surface area contributed by atoms with Crippen LogP contribution in [-0.4, -0.2) is 44.1 Å². The second-order valence-corrected chi connectivity index (χ2v) is 7.96. The summed E-state index contributed by atoms with van der Waals surface area (Å²) in [4.78, 5) is 37.0. The lowest BCUT2D eigenvalue weighted by molar-refractivity contribution is -0.145. The maximum absolute atomic E-state index is 12.6. The zero-order valence-corrected chi connectivity index (χ0v) is 19.3. The van der Waals surface area contributed by atoms with Gasteiger partial charge in [-0.25, -0.2) is 14.4 Å². The average molecular weight is 475 g/mol. The Kier molecular flexibility index (Phi) is 7.30. The van der Waals surface area contributed by atoms with Crippen LogP contribution in [0.15, 0.2) is 78.9 Å². The van der Waals surface area contributed by atoms with Gasteiger partial charge in [-0.05, 0) is 41.3 Å². The Morgan fingerprint density at radius 1 is 0.857 bits per heavy atom. The number of nitrogens with one attached hydrogen (secondary N) is 1. The summed E-state index contributed by atoms with van der Waals surface area (Å²) in [7, 11) is 1.17. The molecule has 0 heterocycles. The van der Waals surface area contributed by atoms with Gasteiger partial charge in [0, 0.05) is 5.92 Å². The Balaban J connectivity index is 1.38. The minimum atomic E-state index is -1.29. The lowest BCUT2D eigenvalue weighted by atomic mass is 9.98. The van der Waals surface area contributed by atoms with Crippen molar-refractivity contribution in [2.75, 3.05) is 13.7 Å². The van der Waals surface area contributed by atoms with Gasteiger partial charge in [-0.15, -0.1) is 0 Å². The number of hydrogen-bond acceptors (Lipinski definition) is 7. The molecule has 3 aromatic carbocycles. The number of benzene rings is 3. The van der Waals surface area contributed by atoms with Crippen LogP contribution in [0.4, 0.5) is 9.59 Å². The lowest BCUT2D eigenvalue weighted by Gasteiger charge is -2.23. The van der Waals surface area contributed by atoms with Crippen LogP contribution in [0.3, 0.4) is 0 Å². The number of carbonyl (C=O) groups is 3. The SMILES string of the molecule is COC(=O)[C@@H](NC(=O)OCC1c2ccccc2-c2ccccc21)C(C)OC(=O)Oc1ccccc1. The molecule has 180 valence electrons. The molecule has 8 nitrogen and oxygen atoms in total. The highest BCUT2D eigenvalue weighted by molar-refractivity contribution is 5.83. The predicted octanol–water partition coefficient (Wildman–Crippen LogP) is 4.67. The summed E-state index contributed by atoms with van der Waals surface area (Å²) in [6, 6.07) is 22.9. The highest BCUT2D eigenvalue weighted by Gasteiger charge is 2.33. The van der Waals surface area contributed by atoms with E-state index in [2.05, 4.69) is 5.32 Å². The molecule has 0 bridgehead atoms. The van der Waals surface area contributed by atoms with E-state index in [1.165, 1.54) is 14.0 Å². The van der Waals surface area contributed by atoms with Crippen LogP contribution < -0.4 is 10.1 Å². The molecule has 0 aliphatic heterocycles. The minimum Gasteiger partial charge on any atom is -0.467 e. The highest BCUT2D eigenvalue weighted by atomic mass is 16.7. The molecule has 0 saturated carbocycles. The normalized spacial score (nSPS) is 13.5. The molecule has 1 unspecified atom stereocenters. The van der Waals surface area contributed by atoms with E-state index in [1.807, 2.05) is 48.5 Å². The van der Waals surface area contributed by atoms with E-state index in [9.17, 15) is 14.4 Å². The Hall–Kier alpha value is -4.33. The summed E-state index contributed by atoms with van der Waals surface area (Å²) < 4.78 is 20.5. The number of fused-ring (bicyclic) bond motifs is 3. The van der Waals surface area contributed by atoms with Gasteiger partial charge in [-0.2, -0.15) is 0 Å². The van der Waals surface area contributed by atoms with Crippen LogP contribution in [0.25, 0.3) is 11.1 Å². The van der Waals surface area contributed by atoms with Crippen molar-refractivity contribution in [2.24, 2.45) is 0 Å². The summed E-state index contributed by atoms with van der Waals surface area (Å²) in [6.45, 7) is 1.51. The van der Waals surface area contributed by atoms with Gasteiger partial charge in [0.1, 0.15) is 18.5 Å². The number of carbonyl (C=O) groups excluding carboxylic acids is 3. The minimum absolute atomic E-state index is 0.0685. The number of methoxy groups -OCH3 is 1. The van der Waals surface area contributed by atoms with Crippen LogP contribution >= 0.6 is 0 Å². The third-order valence-electron chi connectivity index (χ3n) is 5.77. The molecule has 1 N–H and O–H groups in total. The van der Waals surface area contributed by atoms with Gasteiger partial charge < -0.3 is 24.3 Å². The first kappa shape index (κ1) is 23.8. The summed E-state index contributed by atoms with van der Waals surface area (Å²) in [5.41, 5.74) is 4.32. The number of hydrogen-bond donors (Lipinski definition) is 1. The number of ether oxygens (including phenoxy) is 4. The lowest BCUT2D eigenvalue weighted by Crippen LogP contribution is -2.50. The molecular formula is C27H25NO7. The second-order valence-electron chi connectivity index (χ2n) is 7.96. The van der Waals surface area contributed by atoms with Crippen LogP contribution in [-0.2, 0) is 19.0 Å². The maximum atomic E-state index is 12.6. The Morgan fingerprint density at radius 2 is 1.43 bits per heavy atom. The fraction of sp³-hybridized carbons (Fsp3) is 0.222. The zero-order valence-electron chi connectivity index (χ0n) is 19.3.